The van der Waals surface area contributed by atoms with Gasteiger partial charge in [-0.15, -0.1) is 0 Å². The fourth-order valence-electron chi connectivity index (χ4n) is 2.12. The number of pyridine rings is 1. The second-order valence-corrected chi connectivity index (χ2v) is 6.47. The van der Waals surface area contributed by atoms with E-state index in [0.717, 1.165) is 17.2 Å². The summed E-state index contributed by atoms with van der Waals surface area (Å²) in [4.78, 5) is 4.22. The lowest BCUT2D eigenvalue weighted by Gasteiger charge is -2.10. The van der Waals surface area contributed by atoms with Crippen molar-refractivity contribution < 1.29 is 25.8 Å². The van der Waals surface area contributed by atoms with Crippen LogP contribution in [0, 0.1) is 0 Å². The van der Waals surface area contributed by atoms with Gasteiger partial charge in [0.2, 0.25) is 0 Å². The minimum Gasteiger partial charge on any atom is -0.376 e. The van der Waals surface area contributed by atoms with Crippen LogP contribution in [0.25, 0.3) is 22.0 Å². The van der Waals surface area contributed by atoms with E-state index in [9.17, 15) is 21.6 Å². The first-order valence-electron chi connectivity index (χ1n) is 6.72. The van der Waals surface area contributed by atoms with Crippen LogP contribution in [0.3, 0.4) is 0 Å². The summed E-state index contributed by atoms with van der Waals surface area (Å²) in [7, 11) is -5.70. The molecule has 0 fully saturated rings. The van der Waals surface area contributed by atoms with Gasteiger partial charge in [0.05, 0.1) is 5.52 Å². The van der Waals surface area contributed by atoms with Crippen LogP contribution in [0.2, 0.25) is 0 Å². The Labute approximate surface area is 135 Å². The molecule has 0 spiro atoms. The Morgan fingerprint density at radius 2 is 1.62 bits per heavy atom. The molecule has 0 saturated carbocycles. The molecule has 0 aliphatic rings. The van der Waals surface area contributed by atoms with Crippen molar-refractivity contribution in [3.63, 3.8) is 0 Å². The third-order valence-electron chi connectivity index (χ3n) is 3.25. The summed E-state index contributed by atoms with van der Waals surface area (Å²) < 4.78 is 63.5. The summed E-state index contributed by atoms with van der Waals surface area (Å²) in [5.41, 5.74) is -3.35. The SMILES string of the molecule is O=S(=O)(Oc1ccc2ncc(-c3ccccc3)cc2c1)C(F)(F)F. The Morgan fingerprint density at radius 1 is 0.917 bits per heavy atom. The minimum absolute atomic E-state index is 0.424. The van der Waals surface area contributed by atoms with E-state index in [1.54, 1.807) is 12.3 Å². The van der Waals surface area contributed by atoms with Crippen molar-refractivity contribution in [2.45, 2.75) is 5.51 Å². The molecule has 1 heterocycles. The lowest BCUT2D eigenvalue weighted by molar-refractivity contribution is -0.0500. The summed E-state index contributed by atoms with van der Waals surface area (Å²) in [5.74, 6) is -0.424. The largest absolute Gasteiger partial charge is 0.534 e. The fraction of sp³-hybridized carbons (Fsp3) is 0.0625. The quantitative estimate of drug-likeness (QED) is 0.525. The molecular weight excluding hydrogens is 343 g/mol. The van der Waals surface area contributed by atoms with E-state index in [2.05, 4.69) is 9.17 Å². The molecule has 0 radical (unpaired) electrons. The molecule has 3 rings (SSSR count). The Balaban J connectivity index is 2.01. The average Bonchev–Trinajstić information content (AvgIpc) is 2.53. The normalized spacial score (nSPS) is 12.3. The molecule has 0 aliphatic heterocycles. The highest BCUT2D eigenvalue weighted by Gasteiger charge is 2.48. The molecule has 2 aromatic carbocycles. The van der Waals surface area contributed by atoms with E-state index < -0.39 is 21.4 Å². The Morgan fingerprint density at radius 3 is 2.29 bits per heavy atom. The molecule has 3 aromatic rings. The van der Waals surface area contributed by atoms with E-state index in [0.29, 0.717) is 10.9 Å². The zero-order valence-corrected chi connectivity index (χ0v) is 12.8. The van der Waals surface area contributed by atoms with Crippen LogP contribution in [0.15, 0.2) is 60.8 Å². The standard InChI is InChI=1S/C16H10F3NO3S/c17-16(18,19)24(21,22)23-14-6-7-15-12(9-14)8-13(10-20-15)11-4-2-1-3-5-11/h1-10H. The molecule has 0 atom stereocenters. The Bertz CT molecular complexity index is 986. The van der Waals surface area contributed by atoms with Gasteiger partial charge in [0.25, 0.3) is 0 Å². The highest BCUT2D eigenvalue weighted by molar-refractivity contribution is 7.88. The van der Waals surface area contributed by atoms with Gasteiger partial charge >= 0.3 is 15.6 Å². The molecule has 0 N–H and O–H groups in total. The summed E-state index contributed by atoms with van der Waals surface area (Å²) >= 11 is 0. The maximum absolute atomic E-state index is 12.4. The molecule has 1 aromatic heterocycles. The summed E-state index contributed by atoms with van der Waals surface area (Å²) in [6.07, 6.45) is 1.63. The van der Waals surface area contributed by atoms with Gasteiger partial charge in [-0.1, -0.05) is 30.3 Å². The van der Waals surface area contributed by atoms with E-state index in [4.69, 9.17) is 0 Å². The van der Waals surface area contributed by atoms with Gasteiger partial charge in [-0.2, -0.15) is 21.6 Å². The maximum Gasteiger partial charge on any atom is 0.534 e. The summed E-state index contributed by atoms with van der Waals surface area (Å²) in [5, 5.41) is 0.464. The lowest BCUT2D eigenvalue weighted by atomic mass is 10.1. The zero-order valence-electron chi connectivity index (χ0n) is 12.0. The number of hydrogen-bond donors (Lipinski definition) is 0. The molecule has 24 heavy (non-hydrogen) atoms. The number of nitrogens with zero attached hydrogens (tertiary/aromatic N) is 1. The minimum atomic E-state index is -5.70. The van der Waals surface area contributed by atoms with Crippen LogP contribution in [0.5, 0.6) is 5.75 Å². The van der Waals surface area contributed by atoms with Gasteiger partial charge < -0.3 is 4.18 Å². The van der Waals surface area contributed by atoms with Crippen molar-refractivity contribution in [3.8, 4) is 16.9 Å². The van der Waals surface area contributed by atoms with Crippen molar-refractivity contribution in [3.05, 3.63) is 60.8 Å². The van der Waals surface area contributed by atoms with Gasteiger partial charge in [0.1, 0.15) is 5.75 Å². The Kier molecular flexibility index (Phi) is 3.92. The van der Waals surface area contributed by atoms with E-state index in [1.807, 2.05) is 30.3 Å². The lowest BCUT2D eigenvalue weighted by Crippen LogP contribution is -2.28. The number of halogens is 3. The number of hydrogen-bond acceptors (Lipinski definition) is 4. The first kappa shape index (κ1) is 16.3. The molecule has 0 aliphatic carbocycles. The fourth-order valence-corrected chi connectivity index (χ4v) is 2.58. The van der Waals surface area contributed by atoms with Crippen LogP contribution in [0.1, 0.15) is 0 Å². The summed E-state index contributed by atoms with van der Waals surface area (Å²) in [6, 6.07) is 14.7. The first-order chi connectivity index (χ1) is 11.3. The summed E-state index contributed by atoms with van der Waals surface area (Å²) in [6.45, 7) is 0. The molecule has 0 saturated heterocycles. The predicted octanol–water partition coefficient (Wildman–Crippen LogP) is 4.13. The number of rotatable bonds is 3. The monoisotopic (exact) mass is 353 g/mol. The number of alkyl halides is 3. The average molecular weight is 353 g/mol. The van der Waals surface area contributed by atoms with Crippen LogP contribution in [0.4, 0.5) is 13.2 Å². The van der Waals surface area contributed by atoms with Gasteiger partial charge in [0, 0.05) is 17.1 Å². The molecule has 0 unspecified atom stereocenters. The van der Waals surface area contributed by atoms with Crippen molar-refractivity contribution in [1.82, 2.24) is 4.98 Å². The van der Waals surface area contributed by atoms with Gasteiger partial charge in [-0.3, -0.25) is 4.98 Å². The third kappa shape index (κ3) is 3.18. The second-order valence-electron chi connectivity index (χ2n) is 4.93. The molecule has 0 amide bonds. The predicted molar refractivity (Wildman–Crippen MR) is 82.8 cm³/mol. The Hall–Kier alpha value is -2.61. The third-order valence-corrected chi connectivity index (χ3v) is 4.23. The van der Waals surface area contributed by atoms with Crippen LogP contribution >= 0.6 is 0 Å². The number of aromatic nitrogens is 1. The highest BCUT2D eigenvalue weighted by atomic mass is 32.2. The van der Waals surface area contributed by atoms with Crippen LogP contribution in [-0.4, -0.2) is 18.9 Å². The molecule has 0 bridgehead atoms. The van der Waals surface area contributed by atoms with Gasteiger partial charge in [-0.25, -0.2) is 0 Å². The van der Waals surface area contributed by atoms with E-state index >= 15 is 0 Å². The van der Waals surface area contributed by atoms with Gasteiger partial charge in [0.15, 0.2) is 0 Å². The second kappa shape index (κ2) is 5.79. The maximum atomic E-state index is 12.4. The highest BCUT2D eigenvalue weighted by Crippen LogP contribution is 2.29. The van der Waals surface area contributed by atoms with Crippen molar-refractivity contribution in [1.29, 1.82) is 0 Å². The molecule has 8 heteroatoms. The van der Waals surface area contributed by atoms with E-state index in [1.165, 1.54) is 12.1 Å². The topological polar surface area (TPSA) is 56.3 Å². The smallest absolute Gasteiger partial charge is 0.376 e. The van der Waals surface area contributed by atoms with Gasteiger partial charge in [-0.05, 0) is 29.8 Å². The number of benzene rings is 2. The van der Waals surface area contributed by atoms with Crippen LogP contribution < -0.4 is 4.18 Å². The molecular formula is C16H10F3NO3S. The van der Waals surface area contributed by atoms with Crippen LogP contribution in [-0.2, 0) is 10.1 Å². The molecule has 124 valence electrons. The van der Waals surface area contributed by atoms with Crippen molar-refractivity contribution in [2.24, 2.45) is 0 Å². The zero-order chi connectivity index (χ0) is 17.4. The van der Waals surface area contributed by atoms with Crippen molar-refractivity contribution >= 4 is 21.0 Å². The number of fused-ring (bicyclic) bond motifs is 1. The van der Waals surface area contributed by atoms with E-state index in [-0.39, 0.29) is 0 Å². The van der Waals surface area contributed by atoms with Crippen molar-refractivity contribution in [2.75, 3.05) is 0 Å². The molecule has 4 nitrogen and oxygen atoms in total. The first-order valence-corrected chi connectivity index (χ1v) is 8.13.